The number of rotatable bonds is 3. The minimum absolute atomic E-state index is 0.00465. The number of hydrogen-bond acceptors (Lipinski definition) is 3. The molecule has 0 radical (unpaired) electrons. The monoisotopic (exact) mass is 255 g/mol. The minimum Gasteiger partial charge on any atom is -0.427 e. The molecule has 0 spiro atoms. The molecule has 0 saturated carbocycles. The second-order valence-corrected chi connectivity index (χ2v) is 5.34. The highest BCUT2D eigenvalue weighted by Crippen LogP contribution is 2.26. The van der Waals surface area contributed by atoms with E-state index in [4.69, 9.17) is 0 Å². The van der Waals surface area contributed by atoms with Gasteiger partial charge in [-0.2, -0.15) is 0 Å². The van der Waals surface area contributed by atoms with Gasteiger partial charge in [-0.3, -0.25) is 4.90 Å². The maximum absolute atomic E-state index is 9.24. The van der Waals surface area contributed by atoms with Crippen molar-refractivity contribution >= 4 is 17.9 Å². The zero-order valence-corrected chi connectivity index (χ0v) is 10.9. The Bertz CT molecular complexity index is 568. The van der Waals surface area contributed by atoms with Crippen LogP contribution in [0.15, 0.2) is 42.5 Å². The van der Waals surface area contributed by atoms with E-state index in [1.54, 1.807) is 0 Å². The Morgan fingerprint density at radius 2 is 1.89 bits per heavy atom. The third-order valence-corrected chi connectivity index (χ3v) is 4.00. The third-order valence-electron chi connectivity index (χ3n) is 4.00. The Morgan fingerprint density at radius 1 is 1.11 bits per heavy atom. The van der Waals surface area contributed by atoms with Gasteiger partial charge in [0.15, 0.2) is 0 Å². The van der Waals surface area contributed by atoms with Crippen LogP contribution in [0.2, 0.25) is 5.82 Å². The van der Waals surface area contributed by atoms with Gasteiger partial charge in [0.05, 0.1) is 0 Å². The van der Waals surface area contributed by atoms with Crippen LogP contribution in [0.5, 0.6) is 0 Å². The number of benzene rings is 2. The van der Waals surface area contributed by atoms with Crippen LogP contribution < -0.4 is 0 Å². The molecule has 0 bridgehead atoms. The molecule has 19 heavy (non-hydrogen) atoms. The van der Waals surface area contributed by atoms with Crippen LogP contribution in [0.4, 0.5) is 0 Å². The maximum Gasteiger partial charge on any atom is 0.456 e. The summed E-state index contributed by atoms with van der Waals surface area (Å²) in [5.74, 6) is -0.00465. The van der Waals surface area contributed by atoms with Crippen LogP contribution in [-0.2, 0) is 6.54 Å². The van der Waals surface area contributed by atoms with E-state index in [1.165, 1.54) is 16.3 Å². The molecule has 1 aliphatic heterocycles. The minimum atomic E-state index is -1.18. The summed E-state index contributed by atoms with van der Waals surface area (Å²) in [5.41, 5.74) is 1.31. The van der Waals surface area contributed by atoms with Gasteiger partial charge in [-0.05, 0) is 35.8 Å². The topological polar surface area (TPSA) is 43.7 Å². The van der Waals surface area contributed by atoms with Crippen molar-refractivity contribution in [3.63, 3.8) is 0 Å². The van der Waals surface area contributed by atoms with Crippen LogP contribution in [0.1, 0.15) is 12.0 Å². The van der Waals surface area contributed by atoms with Crippen LogP contribution in [-0.4, -0.2) is 35.2 Å². The van der Waals surface area contributed by atoms with E-state index in [2.05, 4.69) is 47.4 Å². The fraction of sp³-hybridized carbons (Fsp3) is 0.333. The molecular formula is C15H18BNO2. The molecule has 1 fully saturated rings. The first-order chi connectivity index (χ1) is 9.24. The van der Waals surface area contributed by atoms with Crippen molar-refractivity contribution in [2.24, 2.45) is 0 Å². The molecule has 1 aliphatic rings. The normalized spacial score (nSPS) is 20.0. The molecule has 1 unspecified atom stereocenters. The van der Waals surface area contributed by atoms with Gasteiger partial charge in [-0.25, -0.2) is 0 Å². The van der Waals surface area contributed by atoms with Gasteiger partial charge in [-0.1, -0.05) is 42.5 Å². The van der Waals surface area contributed by atoms with Crippen molar-refractivity contribution in [1.29, 1.82) is 0 Å². The Balaban J connectivity index is 1.79. The van der Waals surface area contributed by atoms with E-state index >= 15 is 0 Å². The summed E-state index contributed by atoms with van der Waals surface area (Å²) in [6, 6.07) is 14.8. The maximum atomic E-state index is 9.24. The van der Waals surface area contributed by atoms with Crippen LogP contribution in [0.3, 0.4) is 0 Å². The Labute approximate surface area is 113 Å². The van der Waals surface area contributed by atoms with E-state index in [-0.39, 0.29) is 5.82 Å². The van der Waals surface area contributed by atoms with Crippen LogP contribution >= 0.6 is 0 Å². The summed E-state index contributed by atoms with van der Waals surface area (Å²) in [5, 5.41) is 21.0. The largest absolute Gasteiger partial charge is 0.456 e. The standard InChI is InChI=1S/C15H18BNO2/c18-16(19)14-8-9-17(11-14)10-13-6-3-5-12-4-1-2-7-15(12)13/h1-7,14,18-19H,8-11H2. The molecule has 0 amide bonds. The van der Waals surface area contributed by atoms with E-state index in [9.17, 15) is 10.0 Å². The predicted octanol–water partition coefficient (Wildman–Crippen LogP) is 1.89. The molecule has 2 N–H and O–H groups in total. The van der Waals surface area contributed by atoms with Crippen molar-refractivity contribution in [2.45, 2.75) is 18.8 Å². The average Bonchev–Trinajstić information content (AvgIpc) is 2.88. The lowest BCUT2D eigenvalue weighted by Crippen LogP contribution is -2.25. The number of fused-ring (bicyclic) bond motifs is 1. The summed E-state index contributed by atoms with van der Waals surface area (Å²) in [7, 11) is -1.18. The fourth-order valence-electron chi connectivity index (χ4n) is 2.92. The molecule has 1 atom stereocenters. The SMILES string of the molecule is OB(O)C1CCN(Cc2cccc3ccccc23)C1. The van der Waals surface area contributed by atoms with Gasteiger partial charge < -0.3 is 10.0 Å². The second kappa shape index (κ2) is 5.33. The van der Waals surface area contributed by atoms with Gasteiger partial charge in [0, 0.05) is 12.4 Å². The summed E-state index contributed by atoms with van der Waals surface area (Å²) in [4.78, 5) is 2.30. The third kappa shape index (κ3) is 2.66. The van der Waals surface area contributed by atoms with Gasteiger partial charge in [-0.15, -0.1) is 0 Å². The summed E-state index contributed by atoms with van der Waals surface area (Å²) >= 11 is 0. The average molecular weight is 255 g/mol. The first-order valence-corrected chi connectivity index (χ1v) is 6.79. The lowest BCUT2D eigenvalue weighted by molar-refractivity contribution is 0.322. The Morgan fingerprint density at radius 3 is 2.68 bits per heavy atom. The second-order valence-electron chi connectivity index (χ2n) is 5.34. The van der Waals surface area contributed by atoms with Crippen molar-refractivity contribution < 1.29 is 10.0 Å². The first-order valence-electron chi connectivity index (χ1n) is 6.79. The molecule has 1 heterocycles. The molecule has 2 aromatic carbocycles. The zero-order valence-electron chi connectivity index (χ0n) is 10.9. The highest BCUT2D eigenvalue weighted by Gasteiger charge is 2.31. The predicted molar refractivity (Wildman–Crippen MR) is 77.8 cm³/mol. The van der Waals surface area contributed by atoms with Crippen molar-refractivity contribution in [1.82, 2.24) is 4.90 Å². The van der Waals surface area contributed by atoms with Crippen molar-refractivity contribution in [3.05, 3.63) is 48.0 Å². The zero-order chi connectivity index (χ0) is 13.2. The summed E-state index contributed by atoms with van der Waals surface area (Å²) in [6.07, 6.45) is 0.864. The molecule has 3 nitrogen and oxygen atoms in total. The first kappa shape index (κ1) is 12.7. The van der Waals surface area contributed by atoms with Crippen molar-refractivity contribution in [3.8, 4) is 0 Å². The highest BCUT2D eigenvalue weighted by molar-refractivity contribution is 6.43. The van der Waals surface area contributed by atoms with Gasteiger partial charge in [0.1, 0.15) is 0 Å². The molecule has 98 valence electrons. The summed E-state index contributed by atoms with van der Waals surface area (Å²) < 4.78 is 0. The van der Waals surface area contributed by atoms with Crippen molar-refractivity contribution in [2.75, 3.05) is 13.1 Å². The van der Waals surface area contributed by atoms with E-state index in [1.807, 2.05) is 0 Å². The van der Waals surface area contributed by atoms with Crippen LogP contribution in [0.25, 0.3) is 10.8 Å². The molecule has 1 saturated heterocycles. The van der Waals surface area contributed by atoms with Gasteiger partial charge in [0.25, 0.3) is 0 Å². The van der Waals surface area contributed by atoms with Crippen LogP contribution in [0, 0.1) is 0 Å². The molecule has 2 aromatic rings. The smallest absolute Gasteiger partial charge is 0.427 e. The molecule has 3 rings (SSSR count). The lowest BCUT2D eigenvalue weighted by atomic mass is 9.72. The van der Waals surface area contributed by atoms with E-state index < -0.39 is 7.12 Å². The number of likely N-dealkylation sites (tertiary alicyclic amines) is 1. The van der Waals surface area contributed by atoms with E-state index in [0.29, 0.717) is 0 Å². The highest BCUT2D eigenvalue weighted by atomic mass is 16.4. The van der Waals surface area contributed by atoms with E-state index in [0.717, 1.165) is 26.1 Å². The molecule has 0 aliphatic carbocycles. The molecule has 0 aromatic heterocycles. The number of nitrogens with zero attached hydrogens (tertiary/aromatic N) is 1. The Kier molecular flexibility index (Phi) is 3.55. The quantitative estimate of drug-likeness (QED) is 0.823. The molecule has 4 heteroatoms. The fourth-order valence-corrected chi connectivity index (χ4v) is 2.92. The summed E-state index contributed by atoms with van der Waals surface area (Å²) in [6.45, 7) is 2.58. The number of hydrogen-bond donors (Lipinski definition) is 2. The Hall–Kier alpha value is -1.36. The van der Waals surface area contributed by atoms with Gasteiger partial charge in [0.2, 0.25) is 0 Å². The lowest BCUT2D eigenvalue weighted by Gasteiger charge is -2.17. The molecular weight excluding hydrogens is 237 g/mol. The van der Waals surface area contributed by atoms with Gasteiger partial charge >= 0.3 is 7.12 Å².